The van der Waals surface area contributed by atoms with Gasteiger partial charge in [0.15, 0.2) is 0 Å². The predicted molar refractivity (Wildman–Crippen MR) is 65.4 cm³/mol. The normalized spacial score (nSPS) is 12.8. The van der Waals surface area contributed by atoms with Crippen LogP contribution in [0.25, 0.3) is 0 Å². The molecule has 0 aromatic carbocycles. The van der Waals surface area contributed by atoms with Gasteiger partial charge in [0.25, 0.3) is 0 Å². The van der Waals surface area contributed by atoms with E-state index >= 15 is 0 Å². The number of hydrogen-bond acceptors (Lipinski definition) is 4. The van der Waals surface area contributed by atoms with E-state index in [2.05, 4.69) is 23.9 Å². The second-order valence-corrected chi connectivity index (χ2v) is 4.01. The highest BCUT2D eigenvalue weighted by Crippen LogP contribution is 2.16. The number of pyridine rings is 1. The maximum Gasteiger partial charge on any atom is 0.217 e. The van der Waals surface area contributed by atoms with Crippen LogP contribution in [0.4, 0.5) is 0 Å². The first-order valence-electron chi connectivity index (χ1n) is 5.57. The van der Waals surface area contributed by atoms with Gasteiger partial charge in [-0.2, -0.15) is 0 Å². The van der Waals surface area contributed by atoms with Gasteiger partial charge in [-0.3, -0.25) is 4.90 Å². The molecule has 0 bridgehead atoms. The van der Waals surface area contributed by atoms with Gasteiger partial charge in [-0.15, -0.1) is 0 Å². The van der Waals surface area contributed by atoms with Crippen molar-refractivity contribution in [1.29, 1.82) is 0 Å². The zero-order chi connectivity index (χ0) is 12.0. The highest BCUT2D eigenvalue weighted by Gasteiger charge is 2.11. The molecule has 90 valence electrons. The van der Waals surface area contributed by atoms with Gasteiger partial charge in [0, 0.05) is 24.3 Å². The van der Waals surface area contributed by atoms with Crippen LogP contribution in [-0.2, 0) is 6.54 Å². The molecule has 4 nitrogen and oxygen atoms in total. The first-order valence-corrected chi connectivity index (χ1v) is 5.57. The van der Waals surface area contributed by atoms with E-state index in [1.54, 1.807) is 13.3 Å². The topological polar surface area (TPSA) is 51.4 Å². The van der Waals surface area contributed by atoms with Crippen LogP contribution in [0.2, 0.25) is 0 Å². The number of nitrogens with zero attached hydrogens (tertiary/aromatic N) is 2. The van der Waals surface area contributed by atoms with Crippen molar-refractivity contribution in [3.05, 3.63) is 23.9 Å². The van der Waals surface area contributed by atoms with Gasteiger partial charge in [-0.25, -0.2) is 4.98 Å². The lowest BCUT2D eigenvalue weighted by Gasteiger charge is -2.24. The Hall–Kier alpha value is -1.13. The van der Waals surface area contributed by atoms with Crippen LogP contribution in [0.15, 0.2) is 18.3 Å². The van der Waals surface area contributed by atoms with E-state index < -0.39 is 0 Å². The molecule has 0 aliphatic heterocycles. The molecule has 1 rings (SSSR count). The first-order chi connectivity index (χ1) is 7.69. The summed E-state index contributed by atoms with van der Waals surface area (Å²) >= 11 is 0. The molecule has 0 spiro atoms. The van der Waals surface area contributed by atoms with Crippen LogP contribution in [0.1, 0.15) is 18.9 Å². The monoisotopic (exact) mass is 223 g/mol. The minimum absolute atomic E-state index is 0.468. The standard InChI is InChI=1S/C12H21N3O/c1-10(6-7-13)15(2)9-11-5-4-8-14-12(11)16-3/h4-5,8,10H,6-7,9,13H2,1-3H3. The van der Waals surface area contributed by atoms with Crippen molar-refractivity contribution in [2.45, 2.75) is 25.9 Å². The van der Waals surface area contributed by atoms with Crippen LogP contribution in [0.5, 0.6) is 5.88 Å². The van der Waals surface area contributed by atoms with Crippen LogP contribution in [0.3, 0.4) is 0 Å². The molecular formula is C12H21N3O. The molecule has 1 atom stereocenters. The fraction of sp³-hybridized carbons (Fsp3) is 0.583. The Bertz CT molecular complexity index is 317. The van der Waals surface area contributed by atoms with E-state index in [4.69, 9.17) is 10.5 Å². The second-order valence-electron chi connectivity index (χ2n) is 4.01. The average Bonchev–Trinajstić information content (AvgIpc) is 2.30. The van der Waals surface area contributed by atoms with Crippen LogP contribution >= 0.6 is 0 Å². The fourth-order valence-electron chi connectivity index (χ4n) is 1.61. The summed E-state index contributed by atoms with van der Waals surface area (Å²) in [5.74, 6) is 0.703. The molecule has 4 heteroatoms. The summed E-state index contributed by atoms with van der Waals surface area (Å²) in [6.07, 6.45) is 2.74. The van der Waals surface area contributed by atoms with Crippen LogP contribution < -0.4 is 10.5 Å². The fourth-order valence-corrected chi connectivity index (χ4v) is 1.61. The van der Waals surface area contributed by atoms with E-state index in [-0.39, 0.29) is 0 Å². The maximum atomic E-state index is 5.55. The molecule has 0 saturated carbocycles. The third kappa shape index (κ3) is 3.47. The molecule has 0 fully saturated rings. The SMILES string of the molecule is COc1ncccc1CN(C)C(C)CCN. The Morgan fingerprint density at radius 1 is 1.56 bits per heavy atom. The largest absolute Gasteiger partial charge is 0.481 e. The van der Waals surface area contributed by atoms with Gasteiger partial charge in [0.05, 0.1) is 7.11 Å². The van der Waals surface area contributed by atoms with Crippen LogP contribution in [-0.4, -0.2) is 36.6 Å². The van der Waals surface area contributed by atoms with E-state index in [1.165, 1.54) is 0 Å². The summed E-state index contributed by atoms with van der Waals surface area (Å²) in [6.45, 7) is 3.73. The third-order valence-corrected chi connectivity index (χ3v) is 2.80. The van der Waals surface area contributed by atoms with Crippen molar-refractivity contribution in [2.24, 2.45) is 5.73 Å². The Morgan fingerprint density at radius 3 is 2.94 bits per heavy atom. The molecule has 16 heavy (non-hydrogen) atoms. The third-order valence-electron chi connectivity index (χ3n) is 2.80. The molecule has 0 amide bonds. The molecule has 0 saturated heterocycles. The van der Waals surface area contributed by atoms with Crippen molar-refractivity contribution < 1.29 is 4.74 Å². The van der Waals surface area contributed by atoms with E-state index in [0.717, 1.165) is 25.1 Å². The Kier molecular flexibility index (Phi) is 5.22. The maximum absolute atomic E-state index is 5.55. The van der Waals surface area contributed by atoms with Gasteiger partial charge in [0.2, 0.25) is 5.88 Å². The molecular weight excluding hydrogens is 202 g/mol. The summed E-state index contributed by atoms with van der Waals surface area (Å²) in [4.78, 5) is 6.44. The highest BCUT2D eigenvalue weighted by atomic mass is 16.5. The molecule has 0 aliphatic rings. The minimum Gasteiger partial charge on any atom is -0.481 e. The van der Waals surface area contributed by atoms with Gasteiger partial charge in [0.1, 0.15) is 0 Å². The Labute approximate surface area is 97.4 Å². The van der Waals surface area contributed by atoms with E-state index in [9.17, 15) is 0 Å². The summed E-state index contributed by atoms with van der Waals surface area (Å²) in [5, 5.41) is 0. The molecule has 0 radical (unpaired) electrons. The van der Waals surface area contributed by atoms with Crippen molar-refractivity contribution in [2.75, 3.05) is 20.7 Å². The summed E-state index contributed by atoms with van der Waals surface area (Å²) in [7, 11) is 3.74. The van der Waals surface area contributed by atoms with E-state index in [0.29, 0.717) is 11.9 Å². The zero-order valence-electron chi connectivity index (χ0n) is 10.3. The Balaban J connectivity index is 2.64. The van der Waals surface area contributed by atoms with Gasteiger partial charge >= 0.3 is 0 Å². The number of aromatic nitrogens is 1. The van der Waals surface area contributed by atoms with Gasteiger partial charge in [-0.05, 0) is 33.0 Å². The lowest BCUT2D eigenvalue weighted by molar-refractivity contribution is 0.236. The lowest BCUT2D eigenvalue weighted by atomic mass is 10.2. The molecule has 1 aromatic rings. The molecule has 2 N–H and O–H groups in total. The van der Waals surface area contributed by atoms with Crippen molar-refractivity contribution in [3.8, 4) is 5.88 Å². The van der Waals surface area contributed by atoms with Crippen molar-refractivity contribution >= 4 is 0 Å². The van der Waals surface area contributed by atoms with Gasteiger partial charge in [-0.1, -0.05) is 6.07 Å². The highest BCUT2D eigenvalue weighted by molar-refractivity contribution is 5.25. The summed E-state index contributed by atoms with van der Waals surface area (Å²) in [6, 6.07) is 4.44. The smallest absolute Gasteiger partial charge is 0.217 e. The Morgan fingerprint density at radius 2 is 2.31 bits per heavy atom. The van der Waals surface area contributed by atoms with Crippen LogP contribution in [0, 0.1) is 0 Å². The molecule has 1 unspecified atom stereocenters. The summed E-state index contributed by atoms with van der Waals surface area (Å²) < 4.78 is 5.22. The number of nitrogens with two attached hydrogens (primary N) is 1. The zero-order valence-corrected chi connectivity index (χ0v) is 10.3. The molecule has 1 aromatic heterocycles. The number of ether oxygens (including phenoxy) is 1. The second kappa shape index (κ2) is 6.45. The summed E-state index contributed by atoms with van der Waals surface area (Å²) in [5.41, 5.74) is 6.66. The van der Waals surface area contributed by atoms with Crippen molar-refractivity contribution in [1.82, 2.24) is 9.88 Å². The molecule has 0 aliphatic carbocycles. The number of methoxy groups -OCH3 is 1. The van der Waals surface area contributed by atoms with E-state index in [1.807, 2.05) is 12.1 Å². The molecule has 1 heterocycles. The van der Waals surface area contributed by atoms with Gasteiger partial charge < -0.3 is 10.5 Å². The van der Waals surface area contributed by atoms with Crippen molar-refractivity contribution in [3.63, 3.8) is 0 Å². The quantitative estimate of drug-likeness (QED) is 0.789. The average molecular weight is 223 g/mol. The number of rotatable bonds is 6. The first kappa shape index (κ1) is 12.9. The predicted octanol–water partition coefficient (Wildman–Crippen LogP) is 1.26. The number of hydrogen-bond donors (Lipinski definition) is 1. The lowest BCUT2D eigenvalue weighted by Crippen LogP contribution is -2.30. The minimum atomic E-state index is 0.468.